The summed E-state index contributed by atoms with van der Waals surface area (Å²) < 4.78 is 1.47. The van der Waals surface area contributed by atoms with Crippen molar-refractivity contribution in [2.75, 3.05) is 13.1 Å². The van der Waals surface area contributed by atoms with Gasteiger partial charge in [0.1, 0.15) is 11.7 Å². The van der Waals surface area contributed by atoms with Crippen LogP contribution in [-0.2, 0) is 16.1 Å². The van der Waals surface area contributed by atoms with Gasteiger partial charge in [-0.1, -0.05) is 12.1 Å². The van der Waals surface area contributed by atoms with Crippen LogP contribution in [0.1, 0.15) is 32.0 Å². The van der Waals surface area contributed by atoms with E-state index < -0.39 is 6.04 Å². The van der Waals surface area contributed by atoms with Crippen molar-refractivity contribution < 1.29 is 9.59 Å². The smallest absolute Gasteiger partial charge is 0.244 e. The minimum atomic E-state index is -0.432. The van der Waals surface area contributed by atoms with Gasteiger partial charge in [0.2, 0.25) is 11.8 Å². The predicted octanol–water partition coefficient (Wildman–Crippen LogP) is -1.06. The number of aromatic nitrogens is 3. The summed E-state index contributed by atoms with van der Waals surface area (Å²) in [5.74, 6) is -0.368. The molecule has 8 nitrogen and oxygen atoms in total. The van der Waals surface area contributed by atoms with Crippen LogP contribution in [0.5, 0.6) is 0 Å². The standard InChI is InChI=1S/C11H20N6O2/c1-3-4-13-11(19)8(2)17-7-9(15-16-17)6-14-10(18)5-12/h7-8H,3-6,12H2,1-2H3,(H,13,19)(H,14,18). The van der Waals surface area contributed by atoms with Crippen LogP contribution in [0.15, 0.2) is 6.20 Å². The minimum absolute atomic E-state index is 0.0655. The van der Waals surface area contributed by atoms with E-state index >= 15 is 0 Å². The van der Waals surface area contributed by atoms with Gasteiger partial charge in [-0.3, -0.25) is 9.59 Å². The lowest BCUT2D eigenvalue weighted by Crippen LogP contribution is -2.31. The van der Waals surface area contributed by atoms with Crippen molar-refractivity contribution in [3.8, 4) is 0 Å². The quantitative estimate of drug-likeness (QED) is 0.583. The van der Waals surface area contributed by atoms with E-state index in [1.165, 1.54) is 4.68 Å². The van der Waals surface area contributed by atoms with Gasteiger partial charge in [-0.2, -0.15) is 0 Å². The Bertz CT molecular complexity index is 431. The van der Waals surface area contributed by atoms with Crippen LogP contribution in [0.25, 0.3) is 0 Å². The van der Waals surface area contributed by atoms with Crippen molar-refractivity contribution in [2.45, 2.75) is 32.9 Å². The summed E-state index contributed by atoms with van der Waals surface area (Å²) in [4.78, 5) is 22.7. The molecular weight excluding hydrogens is 248 g/mol. The highest BCUT2D eigenvalue weighted by molar-refractivity contribution is 5.79. The van der Waals surface area contributed by atoms with E-state index in [0.717, 1.165) is 6.42 Å². The van der Waals surface area contributed by atoms with Crippen molar-refractivity contribution in [3.63, 3.8) is 0 Å². The van der Waals surface area contributed by atoms with Gasteiger partial charge in [-0.05, 0) is 13.3 Å². The summed E-state index contributed by atoms with van der Waals surface area (Å²) in [6.45, 7) is 4.54. The number of carbonyl (C=O) groups excluding carboxylic acids is 2. The number of nitrogens with one attached hydrogen (secondary N) is 2. The summed E-state index contributed by atoms with van der Waals surface area (Å²) >= 11 is 0. The number of hydrogen-bond acceptors (Lipinski definition) is 5. The maximum atomic E-state index is 11.7. The van der Waals surface area contributed by atoms with Crippen LogP contribution in [0, 0.1) is 0 Å². The van der Waals surface area contributed by atoms with Crippen molar-refractivity contribution in [1.29, 1.82) is 0 Å². The number of hydrogen-bond donors (Lipinski definition) is 3. The van der Waals surface area contributed by atoms with E-state index in [1.807, 2.05) is 6.92 Å². The summed E-state index contributed by atoms with van der Waals surface area (Å²) in [5, 5.41) is 13.1. The maximum Gasteiger partial charge on any atom is 0.244 e. The fourth-order valence-electron chi connectivity index (χ4n) is 1.36. The van der Waals surface area contributed by atoms with Crippen LogP contribution in [0.2, 0.25) is 0 Å². The first kappa shape index (κ1) is 15.1. The molecule has 8 heteroatoms. The zero-order chi connectivity index (χ0) is 14.3. The van der Waals surface area contributed by atoms with E-state index in [0.29, 0.717) is 12.2 Å². The van der Waals surface area contributed by atoms with E-state index in [9.17, 15) is 9.59 Å². The number of carbonyl (C=O) groups is 2. The molecule has 0 radical (unpaired) electrons. The largest absolute Gasteiger partial charge is 0.354 e. The van der Waals surface area contributed by atoms with E-state index in [1.54, 1.807) is 13.1 Å². The lowest BCUT2D eigenvalue weighted by Gasteiger charge is -2.10. The van der Waals surface area contributed by atoms with Crippen LogP contribution in [-0.4, -0.2) is 39.9 Å². The molecule has 106 valence electrons. The molecule has 4 N–H and O–H groups in total. The van der Waals surface area contributed by atoms with E-state index in [2.05, 4.69) is 20.9 Å². The number of nitrogens with zero attached hydrogens (tertiary/aromatic N) is 3. The molecule has 0 bridgehead atoms. The molecule has 2 amide bonds. The second-order valence-corrected chi connectivity index (χ2v) is 4.14. The molecule has 0 aromatic carbocycles. The summed E-state index contributed by atoms with van der Waals surface area (Å²) in [5.41, 5.74) is 5.75. The summed E-state index contributed by atoms with van der Waals surface area (Å²) in [7, 11) is 0. The van der Waals surface area contributed by atoms with Gasteiger partial charge in [-0.15, -0.1) is 5.10 Å². The average molecular weight is 268 g/mol. The lowest BCUT2D eigenvalue weighted by molar-refractivity contribution is -0.124. The van der Waals surface area contributed by atoms with E-state index in [4.69, 9.17) is 5.73 Å². The number of amides is 2. The highest BCUT2D eigenvalue weighted by atomic mass is 16.2. The molecular formula is C11H20N6O2. The molecule has 1 aromatic heterocycles. The lowest BCUT2D eigenvalue weighted by atomic mass is 10.3. The molecule has 0 aliphatic rings. The molecule has 0 spiro atoms. The van der Waals surface area contributed by atoms with Gasteiger partial charge < -0.3 is 16.4 Å². The second-order valence-electron chi connectivity index (χ2n) is 4.14. The SMILES string of the molecule is CCCNC(=O)C(C)n1cc(CNC(=O)CN)nn1. The van der Waals surface area contributed by atoms with Gasteiger partial charge in [0.15, 0.2) is 0 Å². The summed E-state index contributed by atoms with van der Waals surface area (Å²) in [6.07, 6.45) is 2.51. The van der Waals surface area contributed by atoms with Gasteiger partial charge in [-0.25, -0.2) is 4.68 Å². The zero-order valence-electron chi connectivity index (χ0n) is 11.2. The predicted molar refractivity (Wildman–Crippen MR) is 68.9 cm³/mol. The highest BCUT2D eigenvalue weighted by Gasteiger charge is 2.16. The van der Waals surface area contributed by atoms with Crippen molar-refractivity contribution in [3.05, 3.63) is 11.9 Å². The highest BCUT2D eigenvalue weighted by Crippen LogP contribution is 2.04. The fourth-order valence-corrected chi connectivity index (χ4v) is 1.36. The molecule has 1 heterocycles. The Morgan fingerprint density at radius 3 is 2.84 bits per heavy atom. The molecule has 0 saturated carbocycles. The van der Waals surface area contributed by atoms with Gasteiger partial charge in [0.25, 0.3) is 0 Å². The van der Waals surface area contributed by atoms with Gasteiger partial charge in [0.05, 0.1) is 19.3 Å². The Morgan fingerprint density at radius 1 is 1.47 bits per heavy atom. The van der Waals surface area contributed by atoms with E-state index in [-0.39, 0.29) is 24.9 Å². The van der Waals surface area contributed by atoms with Crippen molar-refractivity contribution >= 4 is 11.8 Å². The Labute approximate surface area is 111 Å². The van der Waals surface area contributed by atoms with Crippen LogP contribution >= 0.6 is 0 Å². The fraction of sp³-hybridized carbons (Fsp3) is 0.636. The third-order valence-corrected chi connectivity index (χ3v) is 2.54. The maximum absolute atomic E-state index is 11.7. The molecule has 0 saturated heterocycles. The van der Waals surface area contributed by atoms with Gasteiger partial charge in [0, 0.05) is 6.54 Å². The monoisotopic (exact) mass is 268 g/mol. The first-order valence-corrected chi connectivity index (χ1v) is 6.23. The van der Waals surface area contributed by atoms with Crippen LogP contribution < -0.4 is 16.4 Å². The molecule has 1 atom stereocenters. The second kappa shape index (κ2) is 7.47. The topological polar surface area (TPSA) is 115 Å². The third kappa shape index (κ3) is 4.66. The number of rotatable bonds is 7. The molecule has 1 unspecified atom stereocenters. The summed E-state index contributed by atoms with van der Waals surface area (Å²) in [6, 6.07) is -0.432. The molecule has 0 aliphatic heterocycles. The van der Waals surface area contributed by atoms with Gasteiger partial charge >= 0.3 is 0 Å². The van der Waals surface area contributed by atoms with Crippen molar-refractivity contribution in [2.24, 2.45) is 5.73 Å². The normalized spacial score (nSPS) is 11.9. The third-order valence-electron chi connectivity index (χ3n) is 2.54. The Balaban J connectivity index is 2.53. The Hall–Kier alpha value is -1.96. The minimum Gasteiger partial charge on any atom is -0.354 e. The Morgan fingerprint density at radius 2 is 2.21 bits per heavy atom. The molecule has 1 rings (SSSR count). The molecule has 0 fully saturated rings. The molecule has 1 aromatic rings. The zero-order valence-corrected chi connectivity index (χ0v) is 11.2. The van der Waals surface area contributed by atoms with Crippen LogP contribution in [0.4, 0.5) is 0 Å². The van der Waals surface area contributed by atoms with Crippen molar-refractivity contribution in [1.82, 2.24) is 25.6 Å². The van der Waals surface area contributed by atoms with Crippen LogP contribution in [0.3, 0.4) is 0 Å². The first-order chi connectivity index (χ1) is 9.08. The molecule has 0 aliphatic carbocycles. The first-order valence-electron chi connectivity index (χ1n) is 6.23. The number of nitrogens with two attached hydrogens (primary N) is 1. The molecule has 19 heavy (non-hydrogen) atoms. The Kier molecular flexibility index (Phi) is 5.94. The average Bonchev–Trinajstić information content (AvgIpc) is 2.89.